The quantitative estimate of drug-likeness (QED) is 0.451. The monoisotopic (exact) mass is 268 g/mol. The van der Waals surface area contributed by atoms with Crippen LogP contribution < -0.4 is 0 Å². The molecule has 2 atom stereocenters. The van der Waals surface area contributed by atoms with Gasteiger partial charge in [-0.1, -0.05) is 26.5 Å². The van der Waals surface area contributed by atoms with Gasteiger partial charge in [0, 0.05) is 12.2 Å². The van der Waals surface area contributed by atoms with Gasteiger partial charge in [-0.05, 0) is 32.6 Å². The Hall–Kier alpha value is -1.58. The van der Waals surface area contributed by atoms with E-state index in [1.165, 1.54) is 6.08 Å². The lowest BCUT2D eigenvalue weighted by Gasteiger charge is -2.17. The summed E-state index contributed by atoms with van der Waals surface area (Å²) in [6.07, 6.45) is 6.23. The van der Waals surface area contributed by atoms with Crippen molar-refractivity contribution in [1.29, 1.82) is 0 Å². The minimum atomic E-state index is -0.407. The zero-order valence-corrected chi connectivity index (χ0v) is 11.9. The molecule has 0 aliphatic carbocycles. The van der Waals surface area contributed by atoms with Gasteiger partial charge < -0.3 is 9.47 Å². The third-order valence-corrected chi connectivity index (χ3v) is 2.68. The van der Waals surface area contributed by atoms with Crippen LogP contribution in [0.4, 0.5) is 0 Å². The molecule has 0 amide bonds. The summed E-state index contributed by atoms with van der Waals surface area (Å²) in [7, 11) is 0. The van der Waals surface area contributed by atoms with E-state index in [9.17, 15) is 9.59 Å². The normalized spacial score (nSPS) is 13.2. The Bertz CT molecular complexity index is 309. The molecule has 0 aromatic rings. The van der Waals surface area contributed by atoms with E-state index >= 15 is 0 Å². The lowest BCUT2D eigenvalue weighted by atomic mass is 10.1. The first-order valence-corrected chi connectivity index (χ1v) is 6.69. The van der Waals surface area contributed by atoms with Gasteiger partial charge in [-0.3, -0.25) is 0 Å². The standard InChI is InChI=1S/C15H24O4/c1-5-9-13(19-15(17)7-3)11-8-10-12(4)18-14(16)6-2/h6-7,12-13H,2-3,5,8-11H2,1,4H3. The topological polar surface area (TPSA) is 52.6 Å². The molecular formula is C15H24O4. The third kappa shape index (κ3) is 9.05. The van der Waals surface area contributed by atoms with E-state index in [1.807, 2.05) is 13.8 Å². The van der Waals surface area contributed by atoms with Crippen LogP contribution in [-0.4, -0.2) is 24.1 Å². The second-order valence-corrected chi connectivity index (χ2v) is 4.43. The number of hydrogen-bond donors (Lipinski definition) is 0. The second-order valence-electron chi connectivity index (χ2n) is 4.43. The van der Waals surface area contributed by atoms with Gasteiger partial charge in [-0.2, -0.15) is 0 Å². The fourth-order valence-electron chi connectivity index (χ4n) is 1.73. The summed E-state index contributed by atoms with van der Waals surface area (Å²) in [6.45, 7) is 10.6. The molecule has 108 valence electrons. The number of carbonyl (C=O) groups excluding carboxylic acids is 2. The van der Waals surface area contributed by atoms with Gasteiger partial charge in [0.1, 0.15) is 6.10 Å². The van der Waals surface area contributed by atoms with Crippen LogP contribution in [0, 0.1) is 0 Å². The molecule has 0 aliphatic heterocycles. The molecule has 0 saturated carbocycles. The molecular weight excluding hydrogens is 244 g/mol. The number of rotatable bonds is 10. The van der Waals surface area contributed by atoms with Gasteiger partial charge in [0.25, 0.3) is 0 Å². The molecule has 4 heteroatoms. The summed E-state index contributed by atoms with van der Waals surface area (Å²) in [5.74, 6) is -0.791. The molecule has 0 saturated heterocycles. The van der Waals surface area contributed by atoms with Crippen molar-refractivity contribution in [3.05, 3.63) is 25.3 Å². The third-order valence-electron chi connectivity index (χ3n) is 2.68. The largest absolute Gasteiger partial charge is 0.460 e. The van der Waals surface area contributed by atoms with Crippen LogP contribution in [0.2, 0.25) is 0 Å². The fourth-order valence-corrected chi connectivity index (χ4v) is 1.73. The van der Waals surface area contributed by atoms with Crippen molar-refractivity contribution in [2.24, 2.45) is 0 Å². The maximum Gasteiger partial charge on any atom is 0.330 e. The summed E-state index contributed by atoms with van der Waals surface area (Å²) in [5.41, 5.74) is 0. The highest BCUT2D eigenvalue weighted by Crippen LogP contribution is 2.14. The summed E-state index contributed by atoms with van der Waals surface area (Å²) >= 11 is 0. The highest BCUT2D eigenvalue weighted by molar-refractivity contribution is 5.81. The van der Waals surface area contributed by atoms with Crippen molar-refractivity contribution in [2.75, 3.05) is 0 Å². The summed E-state index contributed by atoms with van der Waals surface area (Å²) in [4.78, 5) is 22.1. The van der Waals surface area contributed by atoms with Crippen molar-refractivity contribution in [1.82, 2.24) is 0 Å². The molecule has 0 aromatic heterocycles. The number of hydrogen-bond acceptors (Lipinski definition) is 4. The molecule has 0 spiro atoms. The Morgan fingerprint density at radius 1 is 1.05 bits per heavy atom. The molecule has 0 bridgehead atoms. The average molecular weight is 268 g/mol. The van der Waals surface area contributed by atoms with Gasteiger partial charge in [0.05, 0.1) is 6.10 Å². The maximum absolute atomic E-state index is 11.2. The van der Waals surface area contributed by atoms with Crippen molar-refractivity contribution in [3.63, 3.8) is 0 Å². The van der Waals surface area contributed by atoms with Crippen LogP contribution in [-0.2, 0) is 19.1 Å². The zero-order valence-electron chi connectivity index (χ0n) is 11.9. The van der Waals surface area contributed by atoms with E-state index < -0.39 is 5.97 Å². The SMILES string of the molecule is C=CC(=O)OC(C)CCCC(CCC)OC(=O)C=C. The van der Waals surface area contributed by atoms with Crippen molar-refractivity contribution in [2.45, 2.75) is 58.2 Å². The first kappa shape index (κ1) is 17.4. The van der Waals surface area contributed by atoms with E-state index in [4.69, 9.17) is 9.47 Å². The van der Waals surface area contributed by atoms with Gasteiger partial charge in [-0.15, -0.1) is 0 Å². The van der Waals surface area contributed by atoms with Crippen LogP contribution in [0.1, 0.15) is 46.0 Å². The van der Waals surface area contributed by atoms with Crippen LogP contribution in [0.25, 0.3) is 0 Å². The summed E-state index contributed by atoms with van der Waals surface area (Å²) < 4.78 is 10.3. The van der Waals surface area contributed by atoms with E-state index in [0.717, 1.165) is 38.2 Å². The molecule has 0 aromatic carbocycles. The number of carbonyl (C=O) groups is 2. The van der Waals surface area contributed by atoms with Crippen molar-refractivity contribution < 1.29 is 19.1 Å². The Morgan fingerprint density at radius 2 is 1.63 bits per heavy atom. The minimum Gasteiger partial charge on any atom is -0.460 e. The predicted molar refractivity (Wildman–Crippen MR) is 74.6 cm³/mol. The minimum absolute atomic E-state index is 0.0854. The van der Waals surface area contributed by atoms with Crippen LogP contribution >= 0.6 is 0 Å². The van der Waals surface area contributed by atoms with Gasteiger partial charge in [0.15, 0.2) is 0 Å². The predicted octanol–water partition coefficient (Wildman–Crippen LogP) is 3.17. The van der Waals surface area contributed by atoms with E-state index in [2.05, 4.69) is 13.2 Å². The Kier molecular flexibility index (Phi) is 9.49. The fraction of sp³-hybridized carbons (Fsp3) is 0.600. The van der Waals surface area contributed by atoms with Crippen molar-refractivity contribution in [3.8, 4) is 0 Å². The molecule has 0 radical (unpaired) electrons. The van der Waals surface area contributed by atoms with Crippen LogP contribution in [0.3, 0.4) is 0 Å². The summed E-state index contributed by atoms with van der Waals surface area (Å²) in [6, 6.07) is 0. The van der Waals surface area contributed by atoms with Crippen LogP contribution in [0.5, 0.6) is 0 Å². The zero-order chi connectivity index (χ0) is 14.7. The lowest BCUT2D eigenvalue weighted by Crippen LogP contribution is -2.18. The van der Waals surface area contributed by atoms with Gasteiger partial charge in [0.2, 0.25) is 0 Å². The number of esters is 2. The number of ether oxygens (including phenoxy) is 2. The molecule has 2 unspecified atom stereocenters. The highest BCUT2D eigenvalue weighted by atomic mass is 16.5. The van der Waals surface area contributed by atoms with Crippen molar-refractivity contribution >= 4 is 11.9 Å². The Labute approximate surface area is 115 Å². The Morgan fingerprint density at radius 3 is 2.16 bits per heavy atom. The van der Waals surface area contributed by atoms with Crippen LogP contribution in [0.15, 0.2) is 25.3 Å². The molecule has 0 heterocycles. The van der Waals surface area contributed by atoms with E-state index in [0.29, 0.717) is 0 Å². The van der Waals surface area contributed by atoms with Gasteiger partial charge in [-0.25, -0.2) is 9.59 Å². The molecule has 4 nitrogen and oxygen atoms in total. The smallest absolute Gasteiger partial charge is 0.330 e. The first-order chi connectivity index (χ1) is 9.03. The second kappa shape index (κ2) is 10.4. The molecule has 0 fully saturated rings. The Balaban J connectivity index is 3.97. The molecule has 19 heavy (non-hydrogen) atoms. The maximum atomic E-state index is 11.2. The highest BCUT2D eigenvalue weighted by Gasteiger charge is 2.13. The molecule has 0 N–H and O–H groups in total. The summed E-state index contributed by atoms with van der Waals surface area (Å²) in [5, 5.41) is 0. The van der Waals surface area contributed by atoms with E-state index in [1.54, 1.807) is 0 Å². The average Bonchev–Trinajstić information content (AvgIpc) is 2.38. The first-order valence-electron chi connectivity index (χ1n) is 6.69. The lowest BCUT2D eigenvalue weighted by molar-refractivity contribution is -0.143. The van der Waals surface area contributed by atoms with Gasteiger partial charge >= 0.3 is 11.9 Å². The van der Waals surface area contributed by atoms with E-state index in [-0.39, 0.29) is 18.2 Å². The molecule has 0 aliphatic rings. The molecule has 0 rings (SSSR count).